The van der Waals surface area contributed by atoms with E-state index in [1.807, 2.05) is 36.4 Å². The monoisotopic (exact) mass is 315 g/mol. The molecule has 4 N–H and O–H groups in total. The zero-order chi connectivity index (χ0) is 17.3. The minimum atomic E-state index is -0.688. The Morgan fingerprint density at radius 1 is 0.917 bits per heavy atom. The molecule has 4 nitrogen and oxygen atoms in total. The van der Waals surface area contributed by atoms with Crippen molar-refractivity contribution in [3.8, 4) is 11.1 Å². The first-order valence-corrected chi connectivity index (χ1v) is 7.55. The SMILES string of the molecule is Cc1ccccc1-c1ccc(C2=CC(=N)C(=N)C(C(N)=O)=C2)cc1. The number of hydrogen-bond acceptors (Lipinski definition) is 3. The van der Waals surface area contributed by atoms with Gasteiger partial charge in [0, 0.05) is 0 Å². The zero-order valence-corrected chi connectivity index (χ0v) is 13.3. The molecule has 0 saturated heterocycles. The molecular weight excluding hydrogens is 298 g/mol. The first kappa shape index (κ1) is 15.6. The van der Waals surface area contributed by atoms with Crippen LogP contribution in [0.3, 0.4) is 0 Å². The van der Waals surface area contributed by atoms with E-state index in [2.05, 4.69) is 19.1 Å². The van der Waals surface area contributed by atoms with E-state index in [1.165, 1.54) is 11.1 Å². The molecular formula is C20H17N3O. The summed E-state index contributed by atoms with van der Waals surface area (Å²) < 4.78 is 0. The van der Waals surface area contributed by atoms with Crippen LogP contribution in [0.4, 0.5) is 0 Å². The Labute approximate surface area is 140 Å². The fourth-order valence-corrected chi connectivity index (χ4v) is 2.74. The summed E-state index contributed by atoms with van der Waals surface area (Å²) in [6.07, 6.45) is 3.16. The lowest BCUT2D eigenvalue weighted by Crippen LogP contribution is -2.26. The molecule has 0 heterocycles. The van der Waals surface area contributed by atoms with E-state index in [4.69, 9.17) is 16.6 Å². The molecule has 1 aliphatic rings. The molecule has 0 atom stereocenters. The Hall–Kier alpha value is -3.27. The molecule has 1 amide bonds. The van der Waals surface area contributed by atoms with Crippen molar-refractivity contribution < 1.29 is 4.79 Å². The van der Waals surface area contributed by atoms with E-state index in [0.717, 1.165) is 11.1 Å². The Balaban J connectivity index is 1.98. The van der Waals surface area contributed by atoms with Crippen LogP contribution in [-0.4, -0.2) is 17.3 Å². The highest BCUT2D eigenvalue weighted by atomic mass is 16.1. The van der Waals surface area contributed by atoms with Crippen molar-refractivity contribution in [2.24, 2.45) is 5.73 Å². The summed E-state index contributed by atoms with van der Waals surface area (Å²) in [4.78, 5) is 11.5. The van der Waals surface area contributed by atoms with E-state index in [9.17, 15) is 4.79 Å². The molecule has 3 rings (SSSR count). The Morgan fingerprint density at radius 2 is 1.54 bits per heavy atom. The highest BCUT2D eigenvalue weighted by Gasteiger charge is 2.20. The molecule has 0 spiro atoms. The van der Waals surface area contributed by atoms with Gasteiger partial charge in [-0.15, -0.1) is 0 Å². The van der Waals surface area contributed by atoms with Gasteiger partial charge in [0.15, 0.2) is 0 Å². The lowest BCUT2D eigenvalue weighted by molar-refractivity contribution is -0.114. The number of benzene rings is 2. The molecule has 0 unspecified atom stereocenters. The molecule has 2 aromatic rings. The molecule has 0 saturated carbocycles. The third-order valence-electron chi connectivity index (χ3n) is 4.08. The van der Waals surface area contributed by atoms with Gasteiger partial charge in [-0.2, -0.15) is 0 Å². The zero-order valence-electron chi connectivity index (χ0n) is 13.3. The number of nitrogens with two attached hydrogens (primary N) is 1. The average molecular weight is 315 g/mol. The lowest BCUT2D eigenvalue weighted by Gasteiger charge is -2.14. The van der Waals surface area contributed by atoms with E-state index in [1.54, 1.807) is 12.2 Å². The second kappa shape index (κ2) is 6.08. The van der Waals surface area contributed by atoms with Crippen LogP contribution in [0.15, 0.2) is 66.3 Å². The standard InChI is InChI=1S/C20H17N3O/c1-12-4-2-3-5-16(12)14-8-6-13(7-9-14)15-10-17(20(23)24)19(22)18(21)11-15/h2-11,21-22H,1H3,(H2,23,24). The van der Waals surface area contributed by atoms with Crippen LogP contribution in [0.25, 0.3) is 16.7 Å². The van der Waals surface area contributed by atoms with Crippen molar-refractivity contribution in [3.63, 3.8) is 0 Å². The van der Waals surface area contributed by atoms with Crippen molar-refractivity contribution in [3.05, 3.63) is 77.4 Å². The fraction of sp³-hybridized carbons (Fsp3) is 0.0500. The Morgan fingerprint density at radius 3 is 2.17 bits per heavy atom. The van der Waals surface area contributed by atoms with Crippen molar-refractivity contribution in [2.75, 3.05) is 0 Å². The minimum Gasteiger partial charge on any atom is -0.366 e. The summed E-state index contributed by atoms with van der Waals surface area (Å²) in [5.41, 5.74) is 10.3. The predicted molar refractivity (Wildman–Crippen MR) is 97.3 cm³/mol. The van der Waals surface area contributed by atoms with Gasteiger partial charge in [-0.25, -0.2) is 0 Å². The molecule has 2 aromatic carbocycles. The lowest BCUT2D eigenvalue weighted by atomic mass is 9.90. The van der Waals surface area contributed by atoms with Gasteiger partial charge in [-0.3, -0.25) is 15.6 Å². The van der Waals surface area contributed by atoms with Crippen LogP contribution in [0.5, 0.6) is 0 Å². The number of allylic oxidation sites excluding steroid dienone is 3. The molecule has 0 aliphatic heterocycles. The molecule has 0 aromatic heterocycles. The van der Waals surface area contributed by atoms with E-state index < -0.39 is 5.91 Å². The summed E-state index contributed by atoms with van der Waals surface area (Å²) >= 11 is 0. The summed E-state index contributed by atoms with van der Waals surface area (Å²) in [5.74, 6) is -0.688. The first-order chi connectivity index (χ1) is 11.5. The van der Waals surface area contributed by atoms with Gasteiger partial charge in [-0.1, -0.05) is 48.5 Å². The fourth-order valence-electron chi connectivity index (χ4n) is 2.74. The van der Waals surface area contributed by atoms with Crippen molar-refractivity contribution in [1.82, 2.24) is 0 Å². The summed E-state index contributed by atoms with van der Waals surface area (Å²) in [6, 6.07) is 16.1. The van der Waals surface area contributed by atoms with Crippen molar-refractivity contribution in [1.29, 1.82) is 10.8 Å². The molecule has 0 radical (unpaired) electrons. The third kappa shape index (κ3) is 2.82. The number of nitrogens with one attached hydrogen (secondary N) is 2. The third-order valence-corrected chi connectivity index (χ3v) is 4.08. The number of aryl methyl sites for hydroxylation is 1. The highest BCUT2D eigenvalue weighted by Crippen LogP contribution is 2.27. The molecule has 4 heteroatoms. The van der Waals surface area contributed by atoms with Gasteiger partial charge in [0.05, 0.1) is 17.0 Å². The maximum absolute atomic E-state index is 11.5. The number of hydrogen-bond donors (Lipinski definition) is 3. The molecule has 0 fully saturated rings. The number of amides is 1. The Kier molecular flexibility index (Phi) is 3.96. The minimum absolute atomic E-state index is 0.00993. The van der Waals surface area contributed by atoms with Gasteiger partial charge in [0.2, 0.25) is 0 Å². The summed E-state index contributed by atoms with van der Waals surface area (Å²) in [5, 5.41) is 15.6. The maximum Gasteiger partial charge on any atom is 0.250 e. The number of carbonyl (C=O) groups excluding carboxylic acids is 1. The van der Waals surface area contributed by atoms with Crippen LogP contribution in [0.2, 0.25) is 0 Å². The smallest absolute Gasteiger partial charge is 0.250 e. The van der Waals surface area contributed by atoms with Crippen LogP contribution in [0, 0.1) is 17.7 Å². The summed E-state index contributed by atoms with van der Waals surface area (Å²) in [7, 11) is 0. The number of rotatable bonds is 3. The van der Waals surface area contributed by atoms with Crippen LogP contribution < -0.4 is 5.73 Å². The van der Waals surface area contributed by atoms with E-state index >= 15 is 0 Å². The predicted octanol–water partition coefficient (Wildman–Crippen LogP) is 3.51. The van der Waals surface area contributed by atoms with Gasteiger partial charge in [0.25, 0.3) is 5.91 Å². The van der Waals surface area contributed by atoms with Crippen LogP contribution in [0.1, 0.15) is 11.1 Å². The second-order valence-electron chi connectivity index (χ2n) is 5.70. The van der Waals surface area contributed by atoms with Gasteiger partial charge >= 0.3 is 0 Å². The molecule has 118 valence electrons. The van der Waals surface area contributed by atoms with Crippen molar-refractivity contribution >= 4 is 22.9 Å². The average Bonchev–Trinajstić information content (AvgIpc) is 2.57. The van der Waals surface area contributed by atoms with Gasteiger partial charge in [-0.05, 0) is 46.9 Å². The van der Waals surface area contributed by atoms with Crippen LogP contribution in [-0.2, 0) is 4.79 Å². The quantitative estimate of drug-likeness (QED) is 0.743. The topological polar surface area (TPSA) is 90.8 Å². The molecule has 0 bridgehead atoms. The van der Waals surface area contributed by atoms with E-state index in [-0.39, 0.29) is 17.0 Å². The number of carbonyl (C=O) groups is 1. The molecule has 24 heavy (non-hydrogen) atoms. The molecule has 1 aliphatic carbocycles. The second-order valence-corrected chi connectivity index (χ2v) is 5.70. The van der Waals surface area contributed by atoms with E-state index in [0.29, 0.717) is 5.57 Å². The van der Waals surface area contributed by atoms with Crippen LogP contribution >= 0.6 is 0 Å². The van der Waals surface area contributed by atoms with Gasteiger partial charge < -0.3 is 5.73 Å². The highest BCUT2D eigenvalue weighted by molar-refractivity contribution is 6.56. The normalized spacial score (nSPS) is 14.2. The first-order valence-electron chi connectivity index (χ1n) is 7.55. The maximum atomic E-state index is 11.5. The number of primary amides is 1. The summed E-state index contributed by atoms with van der Waals surface area (Å²) in [6.45, 7) is 2.07. The largest absolute Gasteiger partial charge is 0.366 e. The van der Waals surface area contributed by atoms with Crippen molar-refractivity contribution in [2.45, 2.75) is 6.92 Å². The van der Waals surface area contributed by atoms with Gasteiger partial charge in [0.1, 0.15) is 0 Å². The Bertz CT molecular complexity index is 918.